The number of hydrogen-bond acceptors (Lipinski definition) is 4. The van der Waals surface area contributed by atoms with Gasteiger partial charge in [-0.3, -0.25) is 4.90 Å². The van der Waals surface area contributed by atoms with E-state index in [-0.39, 0.29) is 11.6 Å². The van der Waals surface area contributed by atoms with Gasteiger partial charge in [-0.05, 0) is 54.9 Å². The van der Waals surface area contributed by atoms with Crippen LogP contribution in [-0.2, 0) is 15.8 Å². The summed E-state index contributed by atoms with van der Waals surface area (Å²) in [6.07, 6.45) is 0.755. The van der Waals surface area contributed by atoms with E-state index < -0.39 is 10.0 Å². The lowest BCUT2D eigenvalue weighted by Crippen LogP contribution is -2.47. The summed E-state index contributed by atoms with van der Waals surface area (Å²) in [4.78, 5) is 4.56. The number of anilines is 1. The smallest absolute Gasteiger partial charge is 0.215 e. The monoisotopic (exact) mass is 425 g/mol. The molecule has 2 aromatic rings. The molecule has 0 aliphatic carbocycles. The van der Waals surface area contributed by atoms with Gasteiger partial charge < -0.3 is 4.90 Å². The second-order valence-electron chi connectivity index (χ2n) is 6.94. The van der Waals surface area contributed by atoms with Crippen molar-refractivity contribution in [3.63, 3.8) is 0 Å². The predicted molar refractivity (Wildman–Crippen MR) is 112 cm³/mol. The van der Waals surface area contributed by atoms with Gasteiger partial charge in [0.25, 0.3) is 0 Å². The van der Waals surface area contributed by atoms with Crippen molar-refractivity contribution in [2.24, 2.45) is 0 Å². The van der Waals surface area contributed by atoms with Crippen LogP contribution in [0.4, 0.5) is 10.1 Å². The molecule has 1 fully saturated rings. The molecule has 1 saturated heterocycles. The van der Waals surface area contributed by atoms with E-state index >= 15 is 0 Å². The molecule has 2 aromatic carbocycles. The summed E-state index contributed by atoms with van der Waals surface area (Å²) in [6, 6.07) is 13.5. The fourth-order valence-electron chi connectivity index (χ4n) is 3.31. The van der Waals surface area contributed by atoms with Crippen molar-refractivity contribution in [2.45, 2.75) is 12.2 Å². The topological polar surface area (TPSA) is 52.7 Å². The standard InChI is InChI=1S/C20H25ClFN3O2S/c21-18-4-1-3-17(15-18)16-28(26,27)23-9-2-10-24-11-13-25(14-12-24)20-7-5-19(22)6-8-20/h1,3-8,15,23H,2,9-14,16H2. The number of rotatable bonds is 8. The third-order valence-corrected chi connectivity index (χ3v) is 6.38. The summed E-state index contributed by atoms with van der Waals surface area (Å²) in [5, 5.41) is 0.535. The molecule has 0 amide bonds. The fourth-order valence-corrected chi connectivity index (χ4v) is 4.70. The summed E-state index contributed by atoms with van der Waals surface area (Å²) in [7, 11) is -3.37. The van der Waals surface area contributed by atoms with E-state index in [4.69, 9.17) is 11.6 Å². The number of halogens is 2. The molecule has 1 N–H and O–H groups in total. The average molecular weight is 426 g/mol. The number of sulfonamides is 1. The normalized spacial score (nSPS) is 15.7. The molecule has 0 radical (unpaired) electrons. The second-order valence-corrected chi connectivity index (χ2v) is 9.19. The third-order valence-electron chi connectivity index (χ3n) is 4.78. The molecule has 1 aliphatic heterocycles. The van der Waals surface area contributed by atoms with E-state index in [1.165, 1.54) is 12.1 Å². The minimum Gasteiger partial charge on any atom is -0.369 e. The Balaban J connectivity index is 1.36. The van der Waals surface area contributed by atoms with Gasteiger partial charge in [-0.2, -0.15) is 0 Å². The Labute approximate surface area is 171 Å². The van der Waals surface area contributed by atoms with Crippen LogP contribution in [0.15, 0.2) is 48.5 Å². The van der Waals surface area contributed by atoms with Gasteiger partial charge in [0.2, 0.25) is 10.0 Å². The highest BCUT2D eigenvalue weighted by atomic mass is 35.5. The van der Waals surface area contributed by atoms with Crippen LogP contribution in [0, 0.1) is 5.82 Å². The van der Waals surface area contributed by atoms with E-state index in [2.05, 4.69) is 14.5 Å². The van der Waals surface area contributed by atoms with Crippen LogP contribution in [0.25, 0.3) is 0 Å². The molecule has 0 spiro atoms. The molecule has 0 atom stereocenters. The van der Waals surface area contributed by atoms with Crippen LogP contribution in [-0.4, -0.2) is 52.6 Å². The zero-order chi connectivity index (χ0) is 20.0. The summed E-state index contributed by atoms with van der Waals surface area (Å²) in [6.45, 7) is 4.84. The first-order valence-electron chi connectivity index (χ1n) is 9.36. The molecule has 1 aliphatic rings. The number of nitrogens with zero attached hydrogens (tertiary/aromatic N) is 2. The van der Waals surface area contributed by atoms with Gasteiger partial charge in [0.1, 0.15) is 5.82 Å². The number of nitrogens with one attached hydrogen (secondary N) is 1. The maximum Gasteiger partial charge on any atom is 0.215 e. The molecule has 0 aromatic heterocycles. The van der Waals surface area contributed by atoms with Gasteiger partial charge in [0.15, 0.2) is 0 Å². The Morgan fingerprint density at radius 2 is 1.75 bits per heavy atom. The predicted octanol–water partition coefficient (Wildman–Crippen LogP) is 3.11. The van der Waals surface area contributed by atoms with Crippen molar-refractivity contribution in [3.8, 4) is 0 Å². The van der Waals surface area contributed by atoms with E-state index in [1.807, 2.05) is 0 Å². The molecule has 28 heavy (non-hydrogen) atoms. The van der Waals surface area contributed by atoms with Crippen molar-refractivity contribution in [1.29, 1.82) is 0 Å². The van der Waals surface area contributed by atoms with Crippen molar-refractivity contribution in [1.82, 2.24) is 9.62 Å². The molecule has 1 heterocycles. The Bertz CT molecular complexity index is 869. The SMILES string of the molecule is O=S(=O)(Cc1cccc(Cl)c1)NCCCN1CCN(c2ccc(F)cc2)CC1. The van der Waals surface area contributed by atoms with E-state index in [0.29, 0.717) is 17.1 Å². The molecular weight excluding hydrogens is 401 g/mol. The molecule has 8 heteroatoms. The molecule has 0 saturated carbocycles. The number of piperazine rings is 1. The highest BCUT2D eigenvalue weighted by Gasteiger charge is 2.17. The van der Waals surface area contributed by atoms with Crippen LogP contribution in [0.5, 0.6) is 0 Å². The lowest BCUT2D eigenvalue weighted by Gasteiger charge is -2.36. The van der Waals surface area contributed by atoms with Crippen molar-refractivity contribution >= 4 is 27.3 Å². The van der Waals surface area contributed by atoms with Crippen LogP contribution < -0.4 is 9.62 Å². The average Bonchev–Trinajstić information content (AvgIpc) is 2.66. The third kappa shape index (κ3) is 6.44. The lowest BCUT2D eigenvalue weighted by molar-refractivity contribution is 0.255. The maximum absolute atomic E-state index is 13.0. The highest BCUT2D eigenvalue weighted by Crippen LogP contribution is 2.17. The molecule has 0 bridgehead atoms. The van der Waals surface area contributed by atoms with E-state index in [0.717, 1.165) is 44.8 Å². The van der Waals surface area contributed by atoms with Crippen molar-refractivity contribution in [2.75, 3.05) is 44.2 Å². The molecule has 0 unspecified atom stereocenters. The minimum atomic E-state index is -3.37. The Morgan fingerprint density at radius 3 is 2.43 bits per heavy atom. The Hall–Kier alpha value is -1.67. The number of hydrogen-bond donors (Lipinski definition) is 1. The first-order valence-corrected chi connectivity index (χ1v) is 11.4. The van der Waals surface area contributed by atoms with Gasteiger partial charge in [-0.1, -0.05) is 23.7 Å². The number of benzene rings is 2. The summed E-state index contributed by atoms with van der Waals surface area (Å²) in [5.74, 6) is -0.288. The zero-order valence-corrected chi connectivity index (χ0v) is 17.2. The van der Waals surface area contributed by atoms with Crippen LogP contribution in [0.2, 0.25) is 5.02 Å². The van der Waals surface area contributed by atoms with Gasteiger partial charge in [-0.15, -0.1) is 0 Å². The lowest BCUT2D eigenvalue weighted by atomic mass is 10.2. The zero-order valence-electron chi connectivity index (χ0n) is 15.7. The van der Waals surface area contributed by atoms with Crippen LogP contribution in [0.3, 0.4) is 0 Å². The molecular formula is C20H25ClFN3O2S. The first-order chi connectivity index (χ1) is 13.4. The molecule has 3 rings (SSSR count). The summed E-state index contributed by atoms with van der Waals surface area (Å²) < 4.78 is 40.1. The van der Waals surface area contributed by atoms with Crippen molar-refractivity contribution < 1.29 is 12.8 Å². The molecule has 152 valence electrons. The maximum atomic E-state index is 13.0. The quantitative estimate of drug-likeness (QED) is 0.660. The fraction of sp³-hybridized carbons (Fsp3) is 0.400. The largest absolute Gasteiger partial charge is 0.369 e. The van der Waals surface area contributed by atoms with Crippen molar-refractivity contribution in [3.05, 3.63) is 64.9 Å². The minimum absolute atomic E-state index is 0.0656. The second kappa shape index (κ2) is 9.69. The highest BCUT2D eigenvalue weighted by molar-refractivity contribution is 7.88. The van der Waals surface area contributed by atoms with E-state index in [9.17, 15) is 12.8 Å². The van der Waals surface area contributed by atoms with Gasteiger partial charge >= 0.3 is 0 Å². The Morgan fingerprint density at radius 1 is 1.04 bits per heavy atom. The van der Waals surface area contributed by atoms with Gasteiger partial charge in [-0.25, -0.2) is 17.5 Å². The first kappa shape index (κ1) is 21.0. The van der Waals surface area contributed by atoms with E-state index in [1.54, 1.807) is 36.4 Å². The van der Waals surface area contributed by atoms with Crippen LogP contribution in [0.1, 0.15) is 12.0 Å². The molecule has 5 nitrogen and oxygen atoms in total. The summed E-state index contributed by atoms with van der Waals surface area (Å²) >= 11 is 5.90. The van der Waals surface area contributed by atoms with Gasteiger partial charge in [0.05, 0.1) is 5.75 Å². The Kier molecular flexibility index (Phi) is 7.29. The van der Waals surface area contributed by atoms with Crippen LogP contribution >= 0.6 is 11.6 Å². The summed E-state index contributed by atoms with van der Waals surface area (Å²) in [5.41, 5.74) is 1.71. The van der Waals surface area contributed by atoms with Gasteiger partial charge in [0, 0.05) is 43.4 Å².